The number of anilines is 1. The number of nitrogens with one attached hydrogen (secondary N) is 1. The normalized spacial score (nSPS) is 24.7. The van der Waals surface area contributed by atoms with E-state index in [2.05, 4.69) is 5.32 Å². The summed E-state index contributed by atoms with van der Waals surface area (Å²) in [7, 11) is 1.57. The first-order valence-corrected chi connectivity index (χ1v) is 8.84. The van der Waals surface area contributed by atoms with Gasteiger partial charge in [-0.05, 0) is 50.2 Å². The molecule has 1 aromatic carbocycles. The minimum atomic E-state index is -0.183. The van der Waals surface area contributed by atoms with Crippen LogP contribution in [0.5, 0.6) is 5.75 Å². The van der Waals surface area contributed by atoms with Crippen LogP contribution in [0.25, 0.3) is 0 Å². The fourth-order valence-corrected chi connectivity index (χ4v) is 4.24. The van der Waals surface area contributed by atoms with Crippen LogP contribution in [0, 0.1) is 17.8 Å². The second kappa shape index (κ2) is 7.24. The average Bonchev–Trinajstić information content (AvgIpc) is 3.22. The zero-order valence-corrected chi connectivity index (χ0v) is 14.5. The molecule has 2 amide bonds. The van der Waals surface area contributed by atoms with E-state index in [-0.39, 0.29) is 24.3 Å². The maximum atomic E-state index is 12.8. The highest BCUT2D eigenvalue weighted by Crippen LogP contribution is 2.48. The first kappa shape index (κ1) is 16.8. The third kappa shape index (κ3) is 3.40. The summed E-state index contributed by atoms with van der Waals surface area (Å²) in [6, 6.07) is 7.29. The van der Waals surface area contributed by atoms with Gasteiger partial charge in [-0.3, -0.25) is 9.59 Å². The summed E-state index contributed by atoms with van der Waals surface area (Å²) in [5, 5.41) is 2.85. The van der Waals surface area contributed by atoms with Crippen molar-refractivity contribution in [3.8, 4) is 5.75 Å². The Kier molecular flexibility index (Phi) is 5.07. The molecule has 5 heteroatoms. The van der Waals surface area contributed by atoms with Crippen molar-refractivity contribution in [3.63, 3.8) is 0 Å². The standard InChI is InChI=1S/C19H26N2O3/c1-3-21(19(23)15-11-13-8-9-14(15)10-13)12-18(22)20-16-6-4-5-7-17(16)24-2/h4-7,13-15H,3,8-12H2,1-2H3,(H,20,22). The molecule has 0 spiro atoms. The SMILES string of the molecule is CCN(CC(=O)Nc1ccccc1OC)C(=O)C1CC2CCC1C2. The fraction of sp³-hybridized carbons (Fsp3) is 0.579. The lowest BCUT2D eigenvalue weighted by Gasteiger charge is -2.28. The van der Waals surface area contributed by atoms with Crippen molar-refractivity contribution in [2.45, 2.75) is 32.6 Å². The zero-order valence-electron chi connectivity index (χ0n) is 14.5. The summed E-state index contributed by atoms with van der Waals surface area (Å²) in [5.74, 6) is 1.98. The number of hydrogen-bond donors (Lipinski definition) is 1. The first-order valence-electron chi connectivity index (χ1n) is 8.84. The summed E-state index contributed by atoms with van der Waals surface area (Å²) in [6.45, 7) is 2.59. The topological polar surface area (TPSA) is 58.6 Å². The minimum absolute atomic E-state index is 0.0985. The summed E-state index contributed by atoms with van der Waals surface area (Å²) in [6.07, 6.45) is 4.65. The summed E-state index contributed by atoms with van der Waals surface area (Å²) in [5.41, 5.74) is 0.633. The number of ether oxygens (including phenoxy) is 1. The molecule has 0 aliphatic heterocycles. The van der Waals surface area contributed by atoms with Crippen molar-refractivity contribution >= 4 is 17.5 Å². The molecule has 5 nitrogen and oxygen atoms in total. The number of amides is 2. The number of nitrogens with zero attached hydrogens (tertiary/aromatic N) is 1. The number of likely N-dealkylation sites (N-methyl/N-ethyl adjacent to an activating group) is 1. The summed E-state index contributed by atoms with van der Waals surface area (Å²) in [4.78, 5) is 26.9. The van der Waals surface area contributed by atoms with Crippen molar-refractivity contribution in [1.82, 2.24) is 4.90 Å². The Labute approximate surface area is 143 Å². The number of para-hydroxylation sites is 2. The van der Waals surface area contributed by atoms with Gasteiger partial charge >= 0.3 is 0 Å². The van der Waals surface area contributed by atoms with Gasteiger partial charge in [0.25, 0.3) is 0 Å². The molecule has 0 saturated heterocycles. The Morgan fingerprint density at radius 1 is 1.25 bits per heavy atom. The molecule has 2 aliphatic rings. The molecule has 2 aliphatic carbocycles. The molecule has 0 radical (unpaired) electrons. The van der Waals surface area contributed by atoms with E-state index in [9.17, 15) is 9.59 Å². The van der Waals surface area contributed by atoms with Gasteiger partial charge in [-0.15, -0.1) is 0 Å². The number of benzene rings is 1. The van der Waals surface area contributed by atoms with E-state index in [4.69, 9.17) is 4.74 Å². The van der Waals surface area contributed by atoms with Gasteiger partial charge in [0.05, 0.1) is 19.3 Å². The van der Waals surface area contributed by atoms with Gasteiger partial charge in [0.2, 0.25) is 11.8 Å². The predicted molar refractivity (Wildman–Crippen MR) is 92.8 cm³/mol. The van der Waals surface area contributed by atoms with Gasteiger partial charge in [-0.2, -0.15) is 0 Å². The van der Waals surface area contributed by atoms with Gasteiger partial charge in [0.1, 0.15) is 5.75 Å². The van der Waals surface area contributed by atoms with Crippen LogP contribution >= 0.6 is 0 Å². The van der Waals surface area contributed by atoms with E-state index < -0.39 is 0 Å². The Balaban J connectivity index is 1.60. The van der Waals surface area contributed by atoms with Gasteiger partial charge in [0, 0.05) is 12.5 Å². The Bertz CT molecular complexity index is 616. The highest BCUT2D eigenvalue weighted by molar-refractivity contribution is 5.96. The average molecular weight is 330 g/mol. The van der Waals surface area contributed by atoms with Crippen LogP contribution in [0.1, 0.15) is 32.6 Å². The lowest BCUT2D eigenvalue weighted by Crippen LogP contribution is -2.42. The van der Waals surface area contributed by atoms with Crippen LogP contribution < -0.4 is 10.1 Å². The third-order valence-corrected chi connectivity index (χ3v) is 5.46. The summed E-state index contributed by atoms with van der Waals surface area (Å²) < 4.78 is 5.24. The number of carbonyl (C=O) groups excluding carboxylic acids is 2. The largest absolute Gasteiger partial charge is 0.495 e. The van der Waals surface area contributed by atoms with Gasteiger partial charge in [-0.1, -0.05) is 18.6 Å². The van der Waals surface area contributed by atoms with E-state index in [1.165, 1.54) is 19.3 Å². The number of hydrogen-bond acceptors (Lipinski definition) is 3. The van der Waals surface area contributed by atoms with E-state index in [0.717, 1.165) is 12.3 Å². The van der Waals surface area contributed by atoms with Crippen molar-refractivity contribution in [2.24, 2.45) is 17.8 Å². The van der Waals surface area contributed by atoms with E-state index in [1.54, 1.807) is 24.1 Å². The monoisotopic (exact) mass is 330 g/mol. The van der Waals surface area contributed by atoms with Crippen LogP contribution in [-0.4, -0.2) is 36.9 Å². The van der Waals surface area contributed by atoms with Crippen LogP contribution in [0.15, 0.2) is 24.3 Å². The van der Waals surface area contributed by atoms with E-state index >= 15 is 0 Å². The van der Waals surface area contributed by atoms with Crippen molar-refractivity contribution < 1.29 is 14.3 Å². The highest BCUT2D eigenvalue weighted by atomic mass is 16.5. The molecule has 130 valence electrons. The van der Waals surface area contributed by atoms with Crippen molar-refractivity contribution in [2.75, 3.05) is 25.5 Å². The van der Waals surface area contributed by atoms with Crippen LogP contribution in [0.4, 0.5) is 5.69 Å². The van der Waals surface area contributed by atoms with Crippen LogP contribution in [0.3, 0.4) is 0 Å². The van der Waals surface area contributed by atoms with Gasteiger partial charge < -0.3 is 15.0 Å². The minimum Gasteiger partial charge on any atom is -0.495 e. The maximum Gasteiger partial charge on any atom is 0.244 e. The molecular formula is C19H26N2O3. The Morgan fingerprint density at radius 2 is 2.04 bits per heavy atom. The molecule has 3 unspecified atom stereocenters. The second-order valence-corrected chi connectivity index (χ2v) is 6.88. The Hall–Kier alpha value is -2.04. The lowest BCUT2D eigenvalue weighted by atomic mass is 9.87. The molecule has 0 heterocycles. The first-order chi connectivity index (χ1) is 11.6. The highest BCUT2D eigenvalue weighted by Gasteiger charge is 2.44. The number of methoxy groups -OCH3 is 1. The smallest absolute Gasteiger partial charge is 0.244 e. The molecule has 1 N–H and O–H groups in total. The zero-order chi connectivity index (χ0) is 17.1. The quantitative estimate of drug-likeness (QED) is 0.872. The maximum absolute atomic E-state index is 12.8. The van der Waals surface area contributed by atoms with Crippen molar-refractivity contribution in [3.05, 3.63) is 24.3 Å². The Morgan fingerprint density at radius 3 is 2.67 bits per heavy atom. The molecular weight excluding hydrogens is 304 g/mol. The van der Waals surface area contributed by atoms with Gasteiger partial charge in [0.15, 0.2) is 0 Å². The molecule has 2 bridgehead atoms. The molecule has 0 aromatic heterocycles. The molecule has 3 rings (SSSR count). The molecule has 1 aromatic rings. The number of carbonyl (C=O) groups is 2. The molecule has 2 saturated carbocycles. The van der Waals surface area contributed by atoms with Crippen molar-refractivity contribution in [1.29, 1.82) is 0 Å². The fourth-order valence-electron chi connectivity index (χ4n) is 4.24. The van der Waals surface area contributed by atoms with Crippen LogP contribution in [-0.2, 0) is 9.59 Å². The number of fused-ring (bicyclic) bond motifs is 2. The molecule has 3 atom stereocenters. The molecule has 2 fully saturated rings. The second-order valence-electron chi connectivity index (χ2n) is 6.88. The summed E-state index contributed by atoms with van der Waals surface area (Å²) >= 11 is 0. The number of rotatable bonds is 6. The van der Waals surface area contributed by atoms with E-state index in [1.807, 2.05) is 19.1 Å². The lowest BCUT2D eigenvalue weighted by molar-refractivity contribution is -0.139. The van der Waals surface area contributed by atoms with E-state index in [0.29, 0.717) is 23.9 Å². The van der Waals surface area contributed by atoms with Gasteiger partial charge in [-0.25, -0.2) is 0 Å². The molecule has 24 heavy (non-hydrogen) atoms. The predicted octanol–water partition coefficient (Wildman–Crippen LogP) is 2.92. The third-order valence-electron chi connectivity index (χ3n) is 5.46. The van der Waals surface area contributed by atoms with Crippen LogP contribution in [0.2, 0.25) is 0 Å².